The lowest BCUT2D eigenvalue weighted by Gasteiger charge is -2.08. The number of amides is 2. The molecular formula is C22H17N3O3S. The molecule has 1 aliphatic heterocycles. The number of carbonyl (C=O) groups is 1. The van der Waals surface area contributed by atoms with Crippen molar-refractivity contribution in [3.8, 4) is 22.8 Å². The minimum absolute atomic E-state index is 0.236. The van der Waals surface area contributed by atoms with Crippen LogP contribution in [0.3, 0.4) is 0 Å². The fourth-order valence-electron chi connectivity index (χ4n) is 3.28. The Labute approximate surface area is 171 Å². The predicted molar refractivity (Wildman–Crippen MR) is 113 cm³/mol. The number of carbonyl (C=O) groups excluding carboxylic acids is 1. The number of nitrogens with one attached hydrogen (secondary N) is 2. The molecule has 1 aromatic heterocycles. The van der Waals surface area contributed by atoms with Crippen LogP contribution in [0.2, 0.25) is 0 Å². The molecule has 0 saturated heterocycles. The first-order valence-corrected chi connectivity index (χ1v) is 10.0. The minimum Gasteiger partial charge on any atom is -0.454 e. The normalized spacial score (nSPS) is 12.1. The molecule has 0 atom stereocenters. The van der Waals surface area contributed by atoms with E-state index in [0.717, 1.165) is 33.3 Å². The van der Waals surface area contributed by atoms with Gasteiger partial charge >= 0.3 is 6.03 Å². The van der Waals surface area contributed by atoms with Crippen molar-refractivity contribution in [1.82, 2.24) is 10.3 Å². The molecule has 0 saturated carbocycles. The average molecular weight is 403 g/mol. The SMILES string of the molecule is O=C(NCc1cccc2ccccc12)Nc1nc(-c2ccc3c(c2)OCO3)cs1. The summed E-state index contributed by atoms with van der Waals surface area (Å²) in [7, 11) is 0. The van der Waals surface area contributed by atoms with E-state index in [2.05, 4.69) is 33.8 Å². The lowest BCUT2D eigenvalue weighted by atomic mass is 10.0. The number of aromatic nitrogens is 1. The van der Waals surface area contributed by atoms with Gasteiger partial charge in [0.2, 0.25) is 6.79 Å². The van der Waals surface area contributed by atoms with Gasteiger partial charge in [0.25, 0.3) is 0 Å². The first-order chi connectivity index (χ1) is 14.3. The highest BCUT2D eigenvalue weighted by molar-refractivity contribution is 7.14. The van der Waals surface area contributed by atoms with Gasteiger partial charge in [0, 0.05) is 17.5 Å². The second-order valence-corrected chi connectivity index (χ2v) is 7.41. The number of nitrogens with zero attached hydrogens (tertiary/aromatic N) is 1. The van der Waals surface area contributed by atoms with Gasteiger partial charge in [-0.25, -0.2) is 9.78 Å². The fourth-order valence-corrected chi connectivity index (χ4v) is 4.00. The van der Waals surface area contributed by atoms with E-state index in [0.29, 0.717) is 17.4 Å². The van der Waals surface area contributed by atoms with E-state index in [-0.39, 0.29) is 12.8 Å². The zero-order chi connectivity index (χ0) is 19.6. The summed E-state index contributed by atoms with van der Waals surface area (Å²) in [6, 6.07) is 19.6. The van der Waals surface area contributed by atoms with Crippen LogP contribution < -0.4 is 20.1 Å². The van der Waals surface area contributed by atoms with Gasteiger partial charge in [-0.1, -0.05) is 42.5 Å². The van der Waals surface area contributed by atoms with Gasteiger partial charge in [-0.05, 0) is 34.5 Å². The molecule has 0 bridgehead atoms. The molecule has 6 nitrogen and oxygen atoms in total. The standard InChI is InChI=1S/C22H17N3O3S/c26-21(23-11-16-6-3-5-14-4-1-2-7-17(14)16)25-22-24-18(12-29-22)15-8-9-19-20(10-15)28-13-27-19/h1-10,12H,11,13H2,(H2,23,24,25,26). The van der Waals surface area contributed by atoms with Gasteiger partial charge in [-0.2, -0.15) is 0 Å². The van der Waals surface area contributed by atoms with Crippen LogP contribution >= 0.6 is 11.3 Å². The Hall–Kier alpha value is -3.58. The number of fused-ring (bicyclic) bond motifs is 2. The topological polar surface area (TPSA) is 72.5 Å². The molecule has 29 heavy (non-hydrogen) atoms. The van der Waals surface area contributed by atoms with Crippen LogP contribution in [0.5, 0.6) is 11.5 Å². The Morgan fingerprint density at radius 3 is 2.86 bits per heavy atom. The van der Waals surface area contributed by atoms with Crippen molar-refractivity contribution in [2.24, 2.45) is 0 Å². The Morgan fingerprint density at radius 2 is 1.90 bits per heavy atom. The van der Waals surface area contributed by atoms with Gasteiger partial charge in [-0.3, -0.25) is 5.32 Å². The third-order valence-electron chi connectivity index (χ3n) is 4.71. The molecule has 144 valence electrons. The van der Waals surface area contributed by atoms with E-state index in [4.69, 9.17) is 9.47 Å². The summed E-state index contributed by atoms with van der Waals surface area (Å²) in [5.74, 6) is 1.44. The monoisotopic (exact) mass is 403 g/mol. The van der Waals surface area contributed by atoms with E-state index in [1.54, 1.807) is 0 Å². The summed E-state index contributed by atoms with van der Waals surface area (Å²) >= 11 is 1.38. The predicted octanol–water partition coefficient (Wildman–Crippen LogP) is 5.01. The summed E-state index contributed by atoms with van der Waals surface area (Å²) in [5, 5.41) is 10.4. The summed E-state index contributed by atoms with van der Waals surface area (Å²) in [6.07, 6.45) is 0. The Balaban J connectivity index is 1.25. The summed E-state index contributed by atoms with van der Waals surface area (Å²) in [6.45, 7) is 0.674. The smallest absolute Gasteiger partial charge is 0.321 e. The van der Waals surface area contributed by atoms with Gasteiger partial charge in [0.15, 0.2) is 16.6 Å². The van der Waals surface area contributed by atoms with Crippen LogP contribution in [0.25, 0.3) is 22.0 Å². The molecule has 2 N–H and O–H groups in total. The average Bonchev–Trinajstić information content (AvgIpc) is 3.41. The van der Waals surface area contributed by atoms with Crippen LogP contribution in [0.4, 0.5) is 9.93 Å². The van der Waals surface area contributed by atoms with Crippen molar-refractivity contribution in [2.75, 3.05) is 12.1 Å². The van der Waals surface area contributed by atoms with Gasteiger partial charge in [0.05, 0.1) is 5.69 Å². The molecule has 5 rings (SSSR count). The highest BCUT2D eigenvalue weighted by Crippen LogP contribution is 2.36. The van der Waals surface area contributed by atoms with E-state index >= 15 is 0 Å². The number of ether oxygens (including phenoxy) is 2. The van der Waals surface area contributed by atoms with Gasteiger partial charge in [0.1, 0.15) is 0 Å². The van der Waals surface area contributed by atoms with Crippen molar-refractivity contribution in [1.29, 1.82) is 0 Å². The van der Waals surface area contributed by atoms with Crippen molar-refractivity contribution in [3.05, 3.63) is 71.6 Å². The molecular weight excluding hydrogens is 386 g/mol. The van der Waals surface area contributed by atoms with Crippen LogP contribution in [0.1, 0.15) is 5.56 Å². The molecule has 1 aliphatic rings. The number of benzene rings is 3. The second kappa shape index (κ2) is 7.44. The number of hydrogen-bond acceptors (Lipinski definition) is 5. The van der Waals surface area contributed by atoms with Gasteiger partial charge < -0.3 is 14.8 Å². The largest absolute Gasteiger partial charge is 0.454 e. The van der Waals surface area contributed by atoms with E-state index in [1.807, 2.05) is 47.8 Å². The molecule has 7 heteroatoms. The molecule has 0 fully saturated rings. The first kappa shape index (κ1) is 17.5. The van der Waals surface area contributed by atoms with E-state index in [9.17, 15) is 4.79 Å². The Kier molecular flexibility index (Phi) is 4.50. The third-order valence-corrected chi connectivity index (χ3v) is 5.47. The van der Waals surface area contributed by atoms with Crippen LogP contribution in [-0.2, 0) is 6.54 Å². The lowest BCUT2D eigenvalue weighted by Crippen LogP contribution is -2.28. The number of thiazole rings is 1. The fraction of sp³-hybridized carbons (Fsp3) is 0.0909. The second-order valence-electron chi connectivity index (χ2n) is 6.55. The van der Waals surface area contributed by atoms with Crippen molar-refractivity contribution < 1.29 is 14.3 Å². The first-order valence-electron chi connectivity index (χ1n) is 9.13. The lowest BCUT2D eigenvalue weighted by molar-refractivity contribution is 0.174. The number of hydrogen-bond donors (Lipinski definition) is 2. The summed E-state index contributed by atoms with van der Waals surface area (Å²) in [4.78, 5) is 16.8. The van der Waals surface area contributed by atoms with E-state index < -0.39 is 0 Å². The third kappa shape index (κ3) is 3.60. The number of anilines is 1. The molecule has 2 heterocycles. The highest BCUT2D eigenvalue weighted by Gasteiger charge is 2.15. The Bertz CT molecular complexity index is 1200. The maximum Gasteiger partial charge on any atom is 0.321 e. The molecule has 3 aromatic carbocycles. The molecule has 0 unspecified atom stereocenters. The zero-order valence-corrected chi connectivity index (χ0v) is 16.2. The highest BCUT2D eigenvalue weighted by atomic mass is 32.1. The van der Waals surface area contributed by atoms with Crippen LogP contribution in [0, 0.1) is 0 Å². The quantitative estimate of drug-likeness (QED) is 0.502. The number of urea groups is 1. The Morgan fingerprint density at radius 1 is 1.03 bits per heavy atom. The summed E-state index contributed by atoms with van der Waals surface area (Å²) in [5.41, 5.74) is 2.76. The van der Waals surface area contributed by atoms with E-state index in [1.165, 1.54) is 11.3 Å². The van der Waals surface area contributed by atoms with Gasteiger partial charge in [-0.15, -0.1) is 11.3 Å². The molecule has 0 aliphatic carbocycles. The van der Waals surface area contributed by atoms with Crippen LogP contribution in [0.15, 0.2) is 66.0 Å². The van der Waals surface area contributed by atoms with Crippen LogP contribution in [-0.4, -0.2) is 17.8 Å². The molecule has 2 amide bonds. The molecule has 4 aromatic rings. The maximum absolute atomic E-state index is 12.3. The minimum atomic E-state index is -0.287. The molecule has 0 radical (unpaired) electrons. The maximum atomic E-state index is 12.3. The van der Waals surface area contributed by atoms with Crippen molar-refractivity contribution in [2.45, 2.75) is 6.54 Å². The van der Waals surface area contributed by atoms with Crippen molar-refractivity contribution >= 4 is 33.3 Å². The zero-order valence-electron chi connectivity index (χ0n) is 15.3. The summed E-state index contributed by atoms with van der Waals surface area (Å²) < 4.78 is 10.7. The van der Waals surface area contributed by atoms with Crippen molar-refractivity contribution in [3.63, 3.8) is 0 Å². The molecule has 0 spiro atoms. The number of rotatable bonds is 4.